The van der Waals surface area contributed by atoms with Gasteiger partial charge in [0, 0.05) is 17.8 Å². The van der Waals surface area contributed by atoms with Gasteiger partial charge in [-0.15, -0.1) is 0 Å². The van der Waals surface area contributed by atoms with Crippen LogP contribution in [0.2, 0.25) is 0 Å². The molecule has 0 saturated heterocycles. The largest absolute Gasteiger partial charge is 0.399 e. The van der Waals surface area contributed by atoms with Gasteiger partial charge in [0.1, 0.15) is 0 Å². The van der Waals surface area contributed by atoms with E-state index in [-0.39, 0.29) is 0 Å². The van der Waals surface area contributed by atoms with E-state index in [0.29, 0.717) is 18.0 Å². The van der Waals surface area contributed by atoms with Gasteiger partial charge in [0.05, 0.1) is 0 Å². The van der Waals surface area contributed by atoms with Crippen LogP contribution in [-0.4, -0.2) is 18.0 Å². The second-order valence-corrected chi connectivity index (χ2v) is 5.00. The molecule has 2 heteroatoms. The van der Waals surface area contributed by atoms with Gasteiger partial charge in [-0.05, 0) is 44.5 Å². The zero-order chi connectivity index (χ0) is 12.3. The summed E-state index contributed by atoms with van der Waals surface area (Å²) < 4.78 is 0. The molecule has 2 unspecified atom stereocenters. The molecule has 0 aliphatic rings. The minimum absolute atomic E-state index is 0.404. The Hall–Kier alpha value is -1.02. The van der Waals surface area contributed by atoms with Crippen molar-refractivity contribution in [1.82, 2.24) is 4.90 Å². The van der Waals surface area contributed by atoms with Crippen molar-refractivity contribution in [2.45, 2.75) is 39.8 Å². The summed E-state index contributed by atoms with van der Waals surface area (Å²) in [5.41, 5.74) is 7.94. The molecular formula is C14H24N2. The fourth-order valence-corrected chi connectivity index (χ4v) is 1.88. The molecule has 0 radical (unpaired) electrons. The summed E-state index contributed by atoms with van der Waals surface area (Å²) in [6.07, 6.45) is 0. The maximum Gasteiger partial charge on any atom is 0.0320 e. The summed E-state index contributed by atoms with van der Waals surface area (Å²) in [6, 6.07) is 9.13. The van der Waals surface area contributed by atoms with Gasteiger partial charge in [-0.1, -0.05) is 26.0 Å². The van der Waals surface area contributed by atoms with Crippen LogP contribution in [0.3, 0.4) is 0 Å². The number of hydrogen-bond acceptors (Lipinski definition) is 2. The average Bonchev–Trinajstić information content (AvgIpc) is 2.26. The number of nitrogens with two attached hydrogens (primary N) is 1. The van der Waals surface area contributed by atoms with Crippen LogP contribution in [0.1, 0.15) is 39.3 Å². The van der Waals surface area contributed by atoms with Gasteiger partial charge in [-0.2, -0.15) is 0 Å². The summed E-state index contributed by atoms with van der Waals surface area (Å²) in [6.45, 7) is 9.02. The standard InChI is InChI=1S/C14H24N2/c1-10(2)11(3)16(5)12(4)13-7-6-8-14(15)9-13/h6-12H,15H2,1-5H3. The SMILES string of the molecule is CC(C)C(C)N(C)C(C)c1cccc(N)c1. The van der Waals surface area contributed by atoms with E-state index in [4.69, 9.17) is 5.73 Å². The first-order valence-corrected chi connectivity index (χ1v) is 6.01. The predicted octanol–water partition coefficient (Wildman–Crippen LogP) is 3.31. The smallest absolute Gasteiger partial charge is 0.0320 e. The highest BCUT2D eigenvalue weighted by Gasteiger charge is 2.19. The van der Waals surface area contributed by atoms with E-state index in [2.05, 4.69) is 51.8 Å². The minimum atomic E-state index is 0.404. The number of anilines is 1. The molecule has 0 amide bonds. The van der Waals surface area contributed by atoms with Crippen molar-refractivity contribution in [2.75, 3.05) is 12.8 Å². The quantitative estimate of drug-likeness (QED) is 0.789. The summed E-state index contributed by atoms with van der Waals surface area (Å²) in [5.74, 6) is 0.661. The van der Waals surface area contributed by atoms with E-state index < -0.39 is 0 Å². The first kappa shape index (κ1) is 13.0. The summed E-state index contributed by atoms with van der Waals surface area (Å²) in [5, 5.41) is 0. The van der Waals surface area contributed by atoms with Gasteiger partial charge in [0.25, 0.3) is 0 Å². The van der Waals surface area contributed by atoms with Crippen molar-refractivity contribution >= 4 is 5.69 Å². The van der Waals surface area contributed by atoms with Crippen molar-refractivity contribution < 1.29 is 0 Å². The molecule has 0 bridgehead atoms. The third-order valence-corrected chi connectivity index (χ3v) is 3.61. The lowest BCUT2D eigenvalue weighted by molar-refractivity contribution is 0.158. The number of benzene rings is 1. The molecule has 2 N–H and O–H groups in total. The molecule has 0 spiro atoms. The molecule has 0 aliphatic carbocycles. The van der Waals surface area contributed by atoms with Crippen LogP contribution >= 0.6 is 0 Å². The summed E-state index contributed by atoms with van der Waals surface area (Å²) in [7, 11) is 2.18. The molecule has 0 aromatic heterocycles. The second-order valence-electron chi connectivity index (χ2n) is 5.00. The van der Waals surface area contributed by atoms with Crippen LogP contribution in [0.25, 0.3) is 0 Å². The predicted molar refractivity (Wildman–Crippen MR) is 71.3 cm³/mol. The summed E-state index contributed by atoms with van der Waals surface area (Å²) in [4.78, 5) is 2.40. The Bertz CT molecular complexity index is 333. The monoisotopic (exact) mass is 220 g/mol. The summed E-state index contributed by atoms with van der Waals surface area (Å²) >= 11 is 0. The first-order chi connectivity index (χ1) is 7.43. The van der Waals surface area contributed by atoms with Crippen LogP contribution in [0.5, 0.6) is 0 Å². The normalized spacial score (nSPS) is 15.4. The van der Waals surface area contributed by atoms with Gasteiger partial charge in [0.15, 0.2) is 0 Å². The highest BCUT2D eigenvalue weighted by Crippen LogP contribution is 2.24. The first-order valence-electron chi connectivity index (χ1n) is 6.01. The molecule has 1 aromatic carbocycles. The highest BCUT2D eigenvalue weighted by molar-refractivity contribution is 5.41. The van der Waals surface area contributed by atoms with E-state index in [0.717, 1.165) is 5.69 Å². The molecule has 2 atom stereocenters. The van der Waals surface area contributed by atoms with Gasteiger partial charge >= 0.3 is 0 Å². The van der Waals surface area contributed by atoms with Crippen molar-refractivity contribution in [2.24, 2.45) is 5.92 Å². The Labute approximate surface area is 99.5 Å². The lowest BCUT2D eigenvalue weighted by atomic mass is 10.00. The van der Waals surface area contributed by atoms with Crippen LogP contribution in [0, 0.1) is 5.92 Å². The number of hydrogen-bond donors (Lipinski definition) is 1. The Morgan fingerprint density at radius 1 is 1.12 bits per heavy atom. The molecule has 0 fully saturated rings. The van der Waals surface area contributed by atoms with Gasteiger partial charge in [-0.25, -0.2) is 0 Å². The maximum atomic E-state index is 5.81. The highest BCUT2D eigenvalue weighted by atomic mass is 15.2. The third-order valence-electron chi connectivity index (χ3n) is 3.61. The van der Waals surface area contributed by atoms with Crippen molar-refractivity contribution in [3.63, 3.8) is 0 Å². The maximum absolute atomic E-state index is 5.81. The molecule has 2 nitrogen and oxygen atoms in total. The Kier molecular flexibility index (Phi) is 4.36. The minimum Gasteiger partial charge on any atom is -0.399 e. The van der Waals surface area contributed by atoms with Crippen LogP contribution in [-0.2, 0) is 0 Å². The molecular weight excluding hydrogens is 196 g/mol. The van der Waals surface area contributed by atoms with Gasteiger partial charge in [0.2, 0.25) is 0 Å². The van der Waals surface area contributed by atoms with Crippen molar-refractivity contribution in [1.29, 1.82) is 0 Å². The van der Waals surface area contributed by atoms with E-state index >= 15 is 0 Å². The van der Waals surface area contributed by atoms with E-state index in [1.165, 1.54) is 5.56 Å². The van der Waals surface area contributed by atoms with Gasteiger partial charge < -0.3 is 5.73 Å². The fourth-order valence-electron chi connectivity index (χ4n) is 1.88. The second kappa shape index (κ2) is 5.35. The van der Waals surface area contributed by atoms with Crippen LogP contribution < -0.4 is 5.73 Å². The van der Waals surface area contributed by atoms with Crippen molar-refractivity contribution in [3.8, 4) is 0 Å². The lowest BCUT2D eigenvalue weighted by Crippen LogP contribution is -2.35. The Morgan fingerprint density at radius 3 is 2.25 bits per heavy atom. The molecule has 16 heavy (non-hydrogen) atoms. The number of nitrogens with zero attached hydrogens (tertiary/aromatic N) is 1. The van der Waals surface area contributed by atoms with E-state index in [1.54, 1.807) is 0 Å². The molecule has 0 aliphatic heterocycles. The number of nitrogen functional groups attached to an aromatic ring is 1. The third kappa shape index (κ3) is 2.99. The molecule has 0 heterocycles. The average molecular weight is 220 g/mol. The molecule has 1 rings (SSSR count). The zero-order valence-electron chi connectivity index (χ0n) is 11.1. The van der Waals surface area contributed by atoms with Crippen LogP contribution in [0.15, 0.2) is 24.3 Å². The molecule has 1 aromatic rings. The number of rotatable bonds is 4. The molecule has 90 valence electrons. The topological polar surface area (TPSA) is 29.3 Å². The Balaban J connectivity index is 2.81. The van der Waals surface area contributed by atoms with Crippen LogP contribution in [0.4, 0.5) is 5.69 Å². The fraction of sp³-hybridized carbons (Fsp3) is 0.571. The van der Waals surface area contributed by atoms with Gasteiger partial charge in [-0.3, -0.25) is 4.90 Å². The van der Waals surface area contributed by atoms with E-state index in [9.17, 15) is 0 Å². The zero-order valence-corrected chi connectivity index (χ0v) is 11.1. The molecule has 0 saturated carbocycles. The van der Waals surface area contributed by atoms with E-state index in [1.807, 2.05) is 12.1 Å². The lowest BCUT2D eigenvalue weighted by Gasteiger charge is -2.33. The van der Waals surface area contributed by atoms with Crippen molar-refractivity contribution in [3.05, 3.63) is 29.8 Å². The Morgan fingerprint density at radius 2 is 1.75 bits per heavy atom.